The molecule has 1 aromatic rings. The molecule has 0 aliphatic carbocycles. The molecule has 0 aromatic heterocycles. The second-order valence-electron chi connectivity index (χ2n) is 2.26. The second-order valence-corrected chi connectivity index (χ2v) is 2.26. The zero-order valence-electron chi connectivity index (χ0n) is 6.49. The highest BCUT2D eigenvalue weighted by atomic mass is 16.2. The van der Waals surface area contributed by atoms with E-state index in [-0.39, 0.29) is 0 Å². The van der Waals surface area contributed by atoms with Gasteiger partial charge in [-0.3, -0.25) is 9.59 Å². The molecule has 0 heterocycles. The first kappa shape index (κ1) is 8.40. The van der Waals surface area contributed by atoms with Crippen LogP contribution < -0.4 is 0 Å². The lowest BCUT2D eigenvalue weighted by atomic mass is 10.1. The third-order valence-corrected chi connectivity index (χ3v) is 1.45. The summed E-state index contributed by atoms with van der Waals surface area (Å²) in [6.45, 7) is 3.24. The van der Waals surface area contributed by atoms with Crippen LogP contribution in [0, 0.1) is 0 Å². The van der Waals surface area contributed by atoms with Gasteiger partial charge in [0.25, 0.3) is 0 Å². The molecule has 0 saturated heterocycles. The van der Waals surface area contributed by atoms with E-state index in [1.54, 1.807) is 30.3 Å². The molecule has 1 rings (SSSR count). The van der Waals surface area contributed by atoms with Gasteiger partial charge in [-0.15, -0.1) is 0 Å². The SMILES string of the molecule is C=CC(=O)C(=O)c1ccccc1. The lowest BCUT2D eigenvalue weighted by Crippen LogP contribution is -2.10. The van der Waals surface area contributed by atoms with Crippen LogP contribution in [0.5, 0.6) is 0 Å². The Morgan fingerprint density at radius 3 is 2.25 bits per heavy atom. The maximum Gasteiger partial charge on any atom is 0.232 e. The number of allylic oxidation sites excluding steroid dienone is 1. The number of carbonyl (C=O) groups excluding carboxylic acids is 2. The summed E-state index contributed by atoms with van der Waals surface area (Å²) in [5.41, 5.74) is 0.405. The molecule has 0 aliphatic rings. The lowest BCUT2D eigenvalue weighted by molar-refractivity contribution is -0.110. The van der Waals surface area contributed by atoms with E-state index in [0.717, 1.165) is 6.08 Å². The Bertz CT molecular complexity index is 312. The quantitative estimate of drug-likeness (QED) is 0.382. The predicted molar refractivity (Wildman–Crippen MR) is 46.0 cm³/mol. The smallest absolute Gasteiger partial charge is 0.232 e. The molecule has 12 heavy (non-hydrogen) atoms. The van der Waals surface area contributed by atoms with E-state index in [4.69, 9.17) is 0 Å². The third kappa shape index (κ3) is 1.66. The number of hydrogen-bond acceptors (Lipinski definition) is 2. The van der Waals surface area contributed by atoms with Crippen molar-refractivity contribution in [2.45, 2.75) is 0 Å². The molecule has 0 fully saturated rings. The van der Waals surface area contributed by atoms with E-state index in [9.17, 15) is 9.59 Å². The van der Waals surface area contributed by atoms with Crippen molar-refractivity contribution in [1.82, 2.24) is 0 Å². The first-order valence-corrected chi connectivity index (χ1v) is 3.52. The Hall–Kier alpha value is -1.70. The summed E-state index contributed by atoms with van der Waals surface area (Å²) in [6.07, 6.45) is 1.02. The number of rotatable bonds is 3. The van der Waals surface area contributed by atoms with Crippen LogP contribution in [-0.4, -0.2) is 11.6 Å². The summed E-state index contributed by atoms with van der Waals surface area (Å²) in [6, 6.07) is 8.41. The topological polar surface area (TPSA) is 34.1 Å². The van der Waals surface area contributed by atoms with E-state index in [1.807, 2.05) is 0 Å². The van der Waals surface area contributed by atoms with E-state index in [0.29, 0.717) is 5.56 Å². The Labute approximate surface area is 70.5 Å². The molecule has 0 saturated carbocycles. The van der Waals surface area contributed by atoms with E-state index in [1.165, 1.54) is 0 Å². The summed E-state index contributed by atoms with van der Waals surface area (Å²) in [7, 11) is 0. The molecule has 60 valence electrons. The monoisotopic (exact) mass is 160 g/mol. The molecule has 0 aliphatic heterocycles. The summed E-state index contributed by atoms with van der Waals surface area (Å²) < 4.78 is 0. The molecule has 0 atom stereocenters. The fourth-order valence-electron chi connectivity index (χ4n) is 0.824. The van der Waals surface area contributed by atoms with Crippen LogP contribution in [0.4, 0.5) is 0 Å². The van der Waals surface area contributed by atoms with Crippen molar-refractivity contribution in [2.24, 2.45) is 0 Å². The maximum absolute atomic E-state index is 11.2. The molecule has 2 nitrogen and oxygen atoms in total. The lowest BCUT2D eigenvalue weighted by Gasteiger charge is -1.93. The Morgan fingerprint density at radius 2 is 1.75 bits per heavy atom. The summed E-state index contributed by atoms with van der Waals surface area (Å²) in [5.74, 6) is -1.08. The van der Waals surface area contributed by atoms with E-state index >= 15 is 0 Å². The molecule has 0 spiro atoms. The summed E-state index contributed by atoms with van der Waals surface area (Å²) >= 11 is 0. The van der Waals surface area contributed by atoms with Gasteiger partial charge in [-0.05, 0) is 6.08 Å². The minimum atomic E-state index is -0.568. The number of carbonyl (C=O) groups is 2. The van der Waals surface area contributed by atoms with Gasteiger partial charge in [0.2, 0.25) is 11.6 Å². The molecule has 0 unspecified atom stereocenters. The van der Waals surface area contributed by atoms with Gasteiger partial charge in [0.1, 0.15) is 0 Å². The van der Waals surface area contributed by atoms with Gasteiger partial charge >= 0.3 is 0 Å². The molecular weight excluding hydrogens is 152 g/mol. The number of hydrogen-bond donors (Lipinski definition) is 0. The summed E-state index contributed by atoms with van der Waals surface area (Å²) in [4.78, 5) is 22.0. The number of ketones is 2. The standard InChI is InChI=1S/C10H8O2/c1-2-9(11)10(12)8-6-4-3-5-7-8/h2-7H,1H2. The van der Waals surface area contributed by atoms with Crippen molar-refractivity contribution >= 4 is 11.6 Å². The van der Waals surface area contributed by atoms with Crippen molar-refractivity contribution in [3.8, 4) is 0 Å². The molecule has 1 aromatic carbocycles. The average molecular weight is 160 g/mol. The van der Waals surface area contributed by atoms with Crippen LogP contribution in [0.2, 0.25) is 0 Å². The van der Waals surface area contributed by atoms with Crippen molar-refractivity contribution in [1.29, 1.82) is 0 Å². The normalized spacial score (nSPS) is 9.00. The van der Waals surface area contributed by atoms with Gasteiger partial charge < -0.3 is 0 Å². The number of Topliss-reactive ketones (excluding diaryl/α,β-unsaturated/α-hetero) is 1. The van der Waals surface area contributed by atoms with Crippen molar-refractivity contribution in [3.63, 3.8) is 0 Å². The molecular formula is C10H8O2. The van der Waals surface area contributed by atoms with Crippen molar-refractivity contribution in [2.75, 3.05) is 0 Å². The summed E-state index contributed by atoms with van der Waals surface area (Å²) in [5, 5.41) is 0. The first-order chi connectivity index (χ1) is 5.75. The van der Waals surface area contributed by atoms with E-state index < -0.39 is 11.6 Å². The van der Waals surface area contributed by atoms with Gasteiger partial charge in [0, 0.05) is 5.56 Å². The Balaban J connectivity index is 2.93. The molecule has 2 heteroatoms. The second kappa shape index (κ2) is 3.62. The van der Waals surface area contributed by atoms with Crippen LogP contribution in [-0.2, 0) is 4.79 Å². The minimum Gasteiger partial charge on any atom is -0.286 e. The molecule has 0 N–H and O–H groups in total. The van der Waals surface area contributed by atoms with Gasteiger partial charge in [-0.2, -0.15) is 0 Å². The Morgan fingerprint density at radius 1 is 1.17 bits per heavy atom. The zero-order chi connectivity index (χ0) is 8.97. The van der Waals surface area contributed by atoms with E-state index in [2.05, 4.69) is 6.58 Å². The highest BCUT2D eigenvalue weighted by molar-refractivity contribution is 6.47. The molecule has 0 bridgehead atoms. The fourth-order valence-corrected chi connectivity index (χ4v) is 0.824. The number of benzene rings is 1. The van der Waals surface area contributed by atoms with Crippen LogP contribution in [0.1, 0.15) is 10.4 Å². The van der Waals surface area contributed by atoms with Gasteiger partial charge in [-0.25, -0.2) is 0 Å². The minimum absolute atomic E-state index is 0.405. The van der Waals surface area contributed by atoms with Gasteiger partial charge in [0.05, 0.1) is 0 Å². The average Bonchev–Trinajstić information content (AvgIpc) is 2.17. The zero-order valence-corrected chi connectivity index (χ0v) is 6.49. The predicted octanol–water partition coefficient (Wildman–Crippen LogP) is 1.62. The highest BCUT2D eigenvalue weighted by Crippen LogP contribution is 2.00. The van der Waals surface area contributed by atoms with Gasteiger partial charge in [0.15, 0.2) is 0 Å². The largest absolute Gasteiger partial charge is 0.286 e. The fraction of sp³-hybridized carbons (Fsp3) is 0. The van der Waals surface area contributed by atoms with Gasteiger partial charge in [-0.1, -0.05) is 36.9 Å². The van der Waals surface area contributed by atoms with Crippen LogP contribution in [0.15, 0.2) is 43.0 Å². The highest BCUT2D eigenvalue weighted by Gasteiger charge is 2.10. The van der Waals surface area contributed by atoms with Crippen LogP contribution >= 0.6 is 0 Å². The Kier molecular flexibility index (Phi) is 2.53. The van der Waals surface area contributed by atoms with Crippen LogP contribution in [0.3, 0.4) is 0 Å². The first-order valence-electron chi connectivity index (χ1n) is 3.52. The third-order valence-electron chi connectivity index (χ3n) is 1.45. The van der Waals surface area contributed by atoms with Crippen LogP contribution in [0.25, 0.3) is 0 Å². The molecule has 0 amide bonds. The van der Waals surface area contributed by atoms with Crippen molar-refractivity contribution in [3.05, 3.63) is 48.6 Å². The molecule has 0 radical (unpaired) electrons. The van der Waals surface area contributed by atoms with Crippen molar-refractivity contribution < 1.29 is 9.59 Å². The maximum atomic E-state index is 11.2.